The Morgan fingerprint density at radius 1 is 1.00 bits per heavy atom. The molecule has 0 atom stereocenters. The zero-order chi connectivity index (χ0) is 17.5. The van der Waals surface area contributed by atoms with Gasteiger partial charge >= 0.3 is 0 Å². The van der Waals surface area contributed by atoms with Gasteiger partial charge in [-0.05, 0) is 24.3 Å². The number of anilines is 2. The summed E-state index contributed by atoms with van der Waals surface area (Å²) in [4.78, 5) is 17.5. The molecular weight excluding hydrogens is 330 g/mol. The van der Waals surface area contributed by atoms with Crippen LogP contribution in [0.2, 0.25) is 0 Å². The first-order valence-electron chi connectivity index (χ1n) is 8.61. The predicted molar refractivity (Wildman–Crippen MR) is 97.2 cm³/mol. The van der Waals surface area contributed by atoms with Gasteiger partial charge in [0.05, 0.1) is 35.9 Å². The topological polar surface area (TPSA) is 63.5 Å². The van der Waals surface area contributed by atoms with Crippen LogP contribution in [0.25, 0.3) is 5.69 Å². The lowest BCUT2D eigenvalue weighted by atomic mass is 10.1. The van der Waals surface area contributed by atoms with E-state index in [4.69, 9.17) is 4.74 Å². The van der Waals surface area contributed by atoms with Crippen molar-refractivity contribution in [2.45, 2.75) is 0 Å². The van der Waals surface area contributed by atoms with Crippen molar-refractivity contribution in [1.82, 2.24) is 15.0 Å². The molecule has 2 aliphatic rings. The van der Waals surface area contributed by atoms with Crippen LogP contribution < -0.4 is 14.5 Å². The molecular formula is C19H17N5O2. The van der Waals surface area contributed by atoms with E-state index in [9.17, 15) is 4.79 Å². The lowest BCUT2D eigenvalue weighted by molar-refractivity contribution is 0.0986. The number of hydrogen-bond acceptors (Lipinski definition) is 5. The summed E-state index contributed by atoms with van der Waals surface area (Å²) < 4.78 is 7.40. The molecule has 2 aromatic carbocycles. The predicted octanol–water partition coefficient (Wildman–Crippen LogP) is 2.13. The molecule has 0 unspecified atom stereocenters. The third-order valence-corrected chi connectivity index (χ3v) is 4.85. The fraction of sp³-hybridized carbons (Fsp3) is 0.211. The van der Waals surface area contributed by atoms with E-state index >= 15 is 0 Å². The number of rotatable bonds is 2. The highest BCUT2D eigenvalue weighted by Crippen LogP contribution is 2.43. The van der Waals surface area contributed by atoms with Crippen molar-refractivity contribution in [1.29, 1.82) is 0 Å². The number of para-hydroxylation sites is 2. The summed E-state index contributed by atoms with van der Waals surface area (Å²) in [5.74, 6) is 0.797. The van der Waals surface area contributed by atoms with Crippen molar-refractivity contribution in [3.05, 3.63) is 60.4 Å². The van der Waals surface area contributed by atoms with Gasteiger partial charge in [0.1, 0.15) is 18.0 Å². The van der Waals surface area contributed by atoms with Crippen LogP contribution in [-0.2, 0) is 0 Å². The number of nitrogens with zero attached hydrogens (tertiary/aromatic N) is 5. The molecule has 7 nitrogen and oxygen atoms in total. The highest BCUT2D eigenvalue weighted by Gasteiger charge is 2.32. The van der Waals surface area contributed by atoms with Crippen LogP contribution in [0.3, 0.4) is 0 Å². The van der Waals surface area contributed by atoms with Crippen LogP contribution in [0, 0.1) is 0 Å². The smallest absolute Gasteiger partial charge is 0.260 e. The average Bonchev–Trinajstić information content (AvgIpc) is 3.23. The number of carbonyl (C=O) groups is 1. The van der Waals surface area contributed by atoms with E-state index in [1.807, 2.05) is 47.4 Å². The quantitative estimate of drug-likeness (QED) is 0.711. The van der Waals surface area contributed by atoms with E-state index in [2.05, 4.69) is 15.2 Å². The largest absolute Gasteiger partial charge is 0.489 e. The maximum Gasteiger partial charge on any atom is 0.260 e. The Balaban J connectivity index is 1.59. The van der Waals surface area contributed by atoms with E-state index in [-0.39, 0.29) is 5.91 Å². The van der Waals surface area contributed by atoms with Gasteiger partial charge in [-0.3, -0.25) is 4.79 Å². The lowest BCUT2D eigenvalue weighted by Crippen LogP contribution is -2.47. The summed E-state index contributed by atoms with van der Waals surface area (Å²) in [6.07, 6.45) is 3.34. The number of carbonyl (C=O) groups excluding carboxylic acids is 1. The Bertz CT molecular complexity index is 970. The molecule has 0 aliphatic carbocycles. The number of ether oxygens (including phenoxy) is 1. The summed E-state index contributed by atoms with van der Waals surface area (Å²) in [6.45, 7) is 2.96. The van der Waals surface area contributed by atoms with Crippen molar-refractivity contribution in [2.75, 3.05) is 36.0 Å². The van der Waals surface area contributed by atoms with Crippen molar-refractivity contribution < 1.29 is 9.53 Å². The summed E-state index contributed by atoms with van der Waals surface area (Å²) in [6, 6.07) is 13.3. The third kappa shape index (κ3) is 2.24. The molecule has 3 heterocycles. The van der Waals surface area contributed by atoms with Gasteiger partial charge < -0.3 is 14.5 Å². The maximum absolute atomic E-state index is 13.4. The Labute approximate surface area is 150 Å². The molecule has 2 aliphatic heterocycles. The van der Waals surface area contributed by atoms with E-state index in [0.29, 0.717) is 18.7 Å². The number of hydrogen-bond donors (Lipinski definition) is 0. The second kappa shape index (κ2) is 5.87. The van der Waals surface area contributed by atoms with E-state index in [0.717, 1.165) is 35.9 Å². The van der Waals surface area contributed by atoms with E-state index in [1.54, 1.807) is 17.1 Å². The molecule has 1 aromatic heterocycles. The van der Waals surface area contributed by atoms with Crippen molar-refractivity contribution in [3.63, 3.8) is 0 Å². The third-order valence-electron chi connectivity index (χ3n) is 4.85. The van der Waals surface area contributed by atoms with Gasteiger partial charge in [0, 0.05) is 13.1 Å². The first kappa shape index (κ1) is 14.9. The van der Waals surface area contributed by atoms with Gasteiger partial charge in [-0.25, -0.2) is 4.68 Å². The van der Waals surface area contributed by atoms with Gasteiger partial charge in [-0.15, -0.1) is 5.10 Å². The van der Waals surface area contributed by atoms with Crippen LogP contribution in [0.15, 0.2) is 54.9 Å². The van der Waals surface area contributed by atoms with E-state index in [1.165, 1.54) is 0 Å². The molecule has 26 heavy (non-hydrogen) atoms. The average molecular weight is 347 g/mol. The minimum Gasteiger partial charge on any atom is -0.489 e. The normalized spacial score (nSPS) is 15.4. The molecule has 0 N–H and O–H groups in total. The lowest BCUT2D eigenvalue weighted by Gasteiger charge is -2.41. The molecule has 5 rings (SSSR count). The van der Waals surface area contributed by atoms with Gasteiger partial charge in [-0.2, -0.15) is 0 Å². The van der Waals surface area contributed by atoms with Crippen LogP contribution in [-0.4, -0.2) is 47.1 Å². The number of aromatic nitrogens is 3. The monoisotopic (exact) mass is 347 g/mol. The van der Waals surface area contributed by atoms with Crippen molar-refractivity contribution in [2.24, 2.45) is 0 Å². The van der Waals surface area contributed by atoms with Crippen molar-refractivity contribution >= 4 is 17.3 Å². The zero-order valence-electron chi connectivity index (χ0n) is 14.1. The Morgan fingerprint density at radius 2 is 1.88 bits per heavy atom. The molecule has 1 amide bonds. The Morgan fingerprint density at radius 3 is 2.77 bits per heavy atom. The number of amides is 1. The zero-order valence-corrected chi connectivity index (χ0v) is 14.1. The highest BCUT2D eigenvalue weighted by molar-refractivity contribution is 6.10. The van der Waals surface area contributed by atoms with Gasteiger partial charge in [-0.1, -0.05) is 23.4 Å². The molecule has 7 heteroatoms. The number of benzene rings is 2. The first-order chi connectivity index (χ1) is 12.8. The van der Waals surface area contributed by atoms with Gasteiger partial charge in [0.15, 0.2) is 0 Å². The minimum absolute atomic E-state index is 0.0466. The summed E-state index contributed by atoms with van der Waals surface area (Å²) >= 11 is 0. The summed E-state index contributed by atoms with van der Waals surface area (Å²) in [5.41, 5.74) is 3.22. The van der Waals surface area contributed by atoms with Crippen LogP contribution in [0.5, 0.6) is 5.75 Å². The van der Waals surface area contributed by atoms with Crippen LogP contribution >= 0.6 is 0 Å². The molecule has 0 saturated carbocycles. The fourth-order valence-electron chi connectivity index (χ4n) is 3.65. The molecule has 130 valence electrons. The second-order valence-corrected chi connectivity index (χ2v) is 6.28. The Hall–Kier alpha value is -3.35. The first-order valence-corrected chi connectivity index (χ1v) is 8.61. The molecule has 0 saturated heterocycles. The summed E-state index contributed by atoms with van der Waals surface area (Å²) in [7, 11) is 0. The minimum atomic E-state index is -0.0466. The maximum atomic E-state index is 13.4. The molecule has 0 spiro atoms. The molecule has 0 bridgehead atoms. The molecule has 0 radical (unpaired) electrons. The highest BCUT2D eigenvalue weighted by atomic mass is 16.5. The van der Waals surface area contributed by atoms with Crippen molar-refractivity contribution in [3.8, 4) is 11.4 Å². The van der Waals surface area contributed by atoms with Crippen LogP contribution in [0.4, 0.5) is 11.4 Å². The molecule has 0 fully saturated rings. The second-order valence-electron chi connectivity index (χ2n) is 6.28. The van der Waals surface area contributed by atoms with Gasteiger partial charge in [0.25, 0.3) is 5.91 Å². The fourth-order valence-corrected chi connectivity index (χ4v) is 3.65. The van der Waals surface area contributed by atoms with Crippen LogP contribution in [0.1, 0.15) is 10.4 Å². The van der Waals surface area contributed by atoms with E-state index < -0.39 is 0 Å². The summed E-state index contributed by atoms with van der Waals surface area (Å²) in [5, 5.41) is 7.89. The molecule has 3 aromatic rings. The van der Waals surface area contributed by atoms with Gasteiger partial charge in [0.2, 0.25) is 0 Å². The standard InChI is InChI=1S/C19H17N5O2/c25-19(14-4-1-2-5-15(14)24-9-8-20-21-24)23-11-10-22-12-13-26-17-7-3-6-16(23)18(17)22/h1-9H,10-13H2. The Kier molecular flexibility index (Phi) is 3.38. The SMILES string of the molecule is O=C(c1ccccc1-n1ccnn1)N1CCN2CCOc3cccc1c32.